The van der Waals surface area contributed by atoms with E-state index in [1.54, 1.807) is 0 Å². The van der Waals surface area contributed by atoms with Crippen molar-refractivity contribution >= 4 is 6.08 Å². The maximum atomic E-state index is 11.1. The molecule has 19 heavy (non-hydrogen) atoms. The fourth-order valence-electron chi connectivity index (χ4n) is 3.76. The van der Waals surface area contributed by atoms with Gasteiger partial charge in [-0.1, -0.05) is 30.3 Å². The summed E-state index contributed by atoms with van der Waals surface area (Å²) < 4.78 is 5.56. The molecule has 0 radical (unpaired) electrons. The van der Waals surface area contributed by atoms with Gasteiger partial charge in [0.15, 0.2) is 0 Å². The van der Waals surface area contributed by atoms with Crippen LogP contribution in [0.15, 0.2) is 29.8 Å². The second-order valence-corrected chi connectivity index (χ2v) is 6.08. The smallest absolute Gasteiger partial charge is 0.0894 e. The van der Waals surface area contributed by atoms with Crippen molar-refractivity contribution in [2.45, 2.75) is 36.9 Å². The Morgan fingerprint density at radius 3 is 2.63 bits per heavy atom. The SMILES string of the molecule is OC1(C2=Cc3ccccc3C2)CC2COCC(C1)N2. The molecule has 0 spiro atoms. The van der Waals surface area contributed by atoms with Gasteiger partial charge in [0.1, 0.15) is 0 Å². The van der Waals surface area contributed by atoms with E-state index in [1.807, 2.05) is 0 Å². The van der Waals surface area contributed by atoms with E-state index in [9.17, 15) is 5.11 Å². The van der Waals surface area contributed by atoms with Crippen molar-refractivity contribution in [3.8, 4) is 0 Å². The quantitative estimate of drug-likeness (QED) is 0.801. The predicted octanol–water partition coefficient (Wildman–Crippen LogP) is 1.51. The van der Waals surface area contributed by atoms with Crippen LogP contribution in [0.5, 0.6) is 0 Å². The molecule has 2 saturated heterocycles. The first kappa shape index (κ1) is 11.6. The third-order valence-electron chi connectivity index (χ3n) is 4.64. The summed E-state index contributed by atoms with van der Waals surface area (Å²) in [6.07, 6.45) is 4.62. The first-order chi connectivity index (χ1) is 9.23. The molecule has 1 aliphatic carbocycles. The van der Waals surface area contributed by atoms with Gasteiger partial charge in [0, 0.05) is 12.1 Å². The first-order valence-corrected chi connectivity index (χ1v) is 7.08. The highest BCUT2D eigenvalue weighted by Gasteiger charge is 2.44. The van der Waals surface area contributed by atoms with Gasteiger partial charge in [-0.15, -0.1) is 0 Å². The zero-order valence-corrected chi connectivity index (χ0v) is 10.9. The normalized spacial score (nSPS) is 36.8. The Bertz CT molecular complexity index is 525. The van der Waals surface area contributed by atoms with Crippen LogP contribution in [-0.2, 0) is 11.2 Å². The molecule has 3 heteroatoms. The average molecular weight is 257 g/mol. The second-order valence-electron chi connectivity index (χ2n) is 6.08. The number of fused-ring (bicyclic) bond motifs is 3. The average Bonchev–Trinajstić information content (AvgIpc) is 2.82. The third-order valence-corrected chi connectivity index (χ3v) is 4.64. The van der Waals surface area contributed by atoms with E-state index in [0.717, 1.165) is 32.5 Å². The molecule has 2 aliphatic heterocycles. The standard InChI is InChI=1S/C16H19NO2/c18-16(7-14-9-19-10-15(8-16)17-14)13-5-11-3-1-2-4-12(11)6-13/h1-5,14-15,17-18H,6-10H2. The lowest BCUT2D eigenvalue weighted by molar-refractivity contribution is -0.0572. The maximum Gasteiger partial charge on any atom is 0.0894 e. The number of aliphatic hydroxyl groups is 1. The number of rotatable bonds is 1. The Balaban J connectivity index is 1.63. The third kappa shape index (κ3) is 1.93. The Hall–Kier alpha value is -1.16. The minimum atomic E-state index is -0.649. The van der Waals surface area contributed by atoms with Crippen molar-refractivity contribution in [1.29, 1.82) is 0 Å². The predicted molar refractivity (Wildman–Crippen MR) is 73.8 cm³/mol. The van der Waals surface area contributed by atoms with Gasteiger partial charge in [0.2, 0.25) is 0 Å². The molecule has 4 rings (SSSR count). The molecule has 0 amide bonds. The molecule has 100 valence electrons. The fraction of sp³-hybridized carbons (Fsp3) is 0.500. The van der Waals surface area contributed by atoms with Crippen molar-refractivity contribution in [2.24, 2.45) is 0 Å². The molecule has 1 aromatic rings. The van der Waals surface area contributed by atoms with Crippen molar-refractivity contribution in [3.05, 3.63) is 41.0 Å². The van der Waals surface area contributed by atoms with Gasteiger partial charge in [-0.2, -0.15) is 0 Å². The topological polar surface area (TPSA) is 41.5 Å². The number of hydrogen-bond donors (Lipinski definition) is 2. The Labute approximate surface area is 113 Å². The minimum Gasteiger partial charge on any atom is -0.385 e. The van der Waals surface area contributed by atoms with Crippen molar-refractivity contribution < 1.29 is 9.84 Å². The summed E-state index contributed by atoms with van der Waals surface area (Å²) >= 11 is 0. The summed E-state index contributed by atoms with van der Waals surface area (Å²) in [6, 6.07) is 9.02. The molecular weight excluding hydrogens is 238 g/mol. The van der Waals surface area contributed by atoms with Gasteiger partial charge in [-0.3, -0.25) is 0 Å². The summed E-state index contributed by atoms with van der Waals surface area (Å²) in [5.74, 6) is 0. The van der Waals surface area contributed by atoms with Crippen LogP contribution in [0.2, 0.25) is 0 Å². The molecule has 3 nitrogen and oxygen atoms in total. The number of piperidine rings is 1. The molecule has 2 N–H and O–H groups in total. The van der Waals surface area contributed by atoms with Gasteiger partial charge < -0.3 is 15.2 Å². The summed E-state index contributed by atoms with van der Waals surface area (Å²) in [7, 11) is 0. The van der Waals surface area contributed by atoms with Gasteiger partial charge in [-0.25, -0.2) is 0 Å². The van der Waals surface area contributed by atoms with Crippen LogP contribution in [0, 0.1) is 0 Å². The number of nitrogens with one attached hydrogen (secondary N) is 1. The van der Waals surface area contributed by atoms with Crippen LogP contribution in [0.3, 0.4) is 0 Å². The van der Waals surface area contributed by atoms with Crippen LogP contribution >= 0.6 is 0 Å². The van der Waals surface area contributed by atoms with E-state index < -0.39 is 5.60 Å². The zero-order valence-electron chi connectivity index (χ0n) is 10.9. The van der Waals surface area contributed by atoms with Crippen LogP contribution in [0.25, 0.3) is 6.08 Å². The minimum absolute atomic E-state index is 0.294. The Morgan fingerprint density at radius 1 is 1.16 bits per heavy atom. The molecule has 2 bridgehead atoms. The molecule has 2 unspecified atom stereocenters. The molecule has 0 aromatic heterocycles. The zero-order chi connectivity index (χ0) is 12.9. The maximum absolute atomic E-state index is 11.1. The second kappa shape index (κ2) is 4.17. The highest BCUT2D eigenvalue weighted by Crippen LogP contribution is 2.39. The van der Waals surface area contributed by atoms with Crippen LogP contribution in [-0.4, -0.2) is 36.0 Å². The molecule has 3 aliphatic rings. The molecule has 0 saturated carbocycles. The van der Waals surface area contributed by atoms with Crippen molar-refractivity contribution in [3.63, 3.8) is 0 Å². The number of ether oxygens (including phenoxy) is 1. The van der Waals surface area contributed by atoms with Crippen LogP contribution in [0.4, 0.5) is 0 Å². The Kier molecular flexibility index (Phi) is 2.56. The highest BCUT2D eigenvalue weighted by atomic mass is 16.5. The van der Waals surface area contributed by atoms with E-state index in [1.165, 1.54) is 16.7 Å². The Morgan fingerprint density at radius 2 is 1.89 bits per heavy atom. The molecule has 2 atom stereocenters. The highest BCUT2D eigenvalue weighted by molar-refractivity contribution is 5.65. The van der Waals surface area contributed by atoms with Crippen molar-refractivity contribution in [2.75, 3.05) is 13.2 Å². The molecular formula is C16H19NO2. The van der Waals surface area contributed by atoms with E-state index in [0.29, 0.717) is 12.1 Å². The molecule has 2 fully saturated rings. The lowest BCUT2D eigenvalue weighted by atomic mass is 9.77. The first-order valence-electron chi connectivity index (χ1n) is 7.08. The monoisotopic (exact) mass is 257 g/mol. The summed E-state index contributed by atoms with van der Waals surface area (Å²) in [4.78, 5) is 0. The number of morpholine rings is 1. The lowest BCUT2D eigenvalue weighted by Gasteiger charge is -2.45. The van der Waals surface area contributed by atoms with E-state index in [4.69, 9.17) is 4.74 Å². The fourth-order valence-corrected chi connectivity index (χ4v) is 3.76. The summed E-state index contributed by atoms with van der Waals surface area (Å²) in [5, 5.41) is 14.6. The molecule has 2 heterocycles. The van der Waals surface area contributed by atoms with Gasteiger partial charge in [-0.05, 0) is 36.0 Å². The largest absolute Gasteiger partial charge is 0.385 e. The van der Waals surface area contributed by atoms with Gasteiger partial charge in [0.25, 0.3) is 0 Å². The lowest BCUT2D eigenvalue weighted by Crippen LogP contribution is -2.60. The van der Waals surface area contributed by atoms with Gasteiger partial charge in [0.05, 0.1) is 18.8 Å². The number of hydrogen-bond acceptors (Lipinski definition) is 3. The van der Waals surface area contributed by atoms with E-state index in [-0.39, 0.29) is 0 Å². The van der Waals surface area contributed by atoms with Crippen molar-refractivity contribution in [1.82, 2.24) is 5.32 Å². The molecule has 1 aromatic carbocycles. The van der Waals surface area contributed by atoms with E-state index in [2.05, 4.69) is 35.7 Å². The number of benzene rings is 1. The van der Waals surface area contributed by atoms with E-state index >= 15 is 0 Å². The summed E-state index contributed by atoms with van der Waals surface area (Å²) in [6.45, 7) is 1.44. The summed E-state index contributed by atoms with van der Waals surface area (Å²) in [5.41, 5.74) is 3.15. The van der Waals surface area contributed by atoms with Gasteiger partial charge >= 0.3 is 0 Å². The van der Waals surface area contributed by atoms with Crippen LogP contribution in [0.1, 0.15) is 24.0 Å². The van der Waals surface area contributed by atoms with Crippen LogP contribution < -0.4 is 5.32 Å².